The first-order chi connectivity index (χ1) is 16.7. The predicted molar refractivity (Wildman–Crippen MR) is 128 cm³/mol. The van der Waals surface area contributed by atoms with Gasteiger partial charge in [-0.1, -0.05) is 23.2 Å². The van der Waals surface area contributed by atoms with E-state index in [2.05, 4.69) is 31.2 Å². The number of phenols is 1. The van der Waals surface area contributed by atoms with Crippen molar-refractivity contribution in [3.05, 3.63) is 45.6 Å². The van der Waals surface area contributed by atoms with E-state index in [4.69, 9.17) is 27.9 Å². The number of nitrogens with zero attached hydrogens (tertiary/aromatic N) is 2. The van der Waals surface area contributed by atoms with Crippen LogP contribution in [0.2, 0.25) is 10.0 Å². The number of aromatic nitrogens is 1. The summed E-state index contributed by atoms with van der Waals surface area (Å²) in [5.41, 5.74) is 0.561. The van der Waals surface area contributed by atoms with Gasteiger partial charge in [-0.15, -0.1) is 0 Å². The summed E-state index contributed by atoms with van der Waals surface area (Å²) in [6.45, 7) is 0.811. The Morgan fingerprint density at radius 3 is 2.69 bits per heavy atom. The summed E-state index contributed by atoms with van der Waals surface area (Å²) in [7, 11) is 1.35. The van der Waals surface area contributed by atoms with Crippen molar-refractivity contribution >= 4 is 52.6 Å². The van der Waals surface area contributed by atoms with Crippen LogP contribution in [0.15, 0.2) is 29.4 Å². The first-order valence-corrected chi connectivity index (χ1v) is 11.0. The predicted octanol–water partition coefficient (Wildman–Crippen LogP) is 1.54. The number of carboxylic acid groups (broad SMARTS) is 1. The molecule has 6 N–H and O–H groups in total. The van der Waals surface area contributed by atoms with E-state index < -0.39 is 42.5 Å². The molecule has 3 rings (SSSR count). The number of amides is 2. The first kappa shape index (κ1) is 25.8. The minimum absolute atomic E-state index is 0.0256. The van der Waals surface area contributed by atoms with Crippen molar-refractivity contribution in [2.45, 2.75) is 12.5 Å². The second kappa shape index (κ2) is 11.6. The van der Waals surface area contributed by atoms with Crippen LogP contribution < -0.4 is 26.0 Å². The third-order valence-corrected chi connectivity index (χ3v) is 5.29. The standard InChI is InChI=1S/C21H22Cl2N6O6/c1-35-20-13(6-11(8-27-20)28-21-24-2-3-25-21)19(34)26-9-16(30)29-15(7-17(31)32)12-4-10(22)5-14(23)18(12)33/h4-6,8,15,33H,2-3,7,9H2,1H3,(H,26,34)(H,29,30)(H,31,32)(H2,24,25,28). The van der Waals surface area contributed by atoms with Gasteiger partial charge in [0.2, 0.25) is 11.8 Å². The number of pyridine rings is 1. The van der Waals surface area contributed by atoms with Gasteiger partial charge in [-0.05, 0) is 18.2 Å². The van der Waals surface area contributed by atoms with Crippen molar-refractivity contribution in [2.24, 2.45) is 4.99 Å². The Labute approximate surface area is 209 Å². The van der Waals surface area contributed by atoms with Gasteiger partial charge in [0.1, 0.15) is 11.3 Å². The number of aliphatic carboxylic acids is 1. The zero-order valence-electron chi connectivity index (χ0n) is 18.4. The van der Waals surface area contributed by atoms with Crippen molar-refractivity contribution in [3.8, 4) is 11.6 Å². The van der Waals surface area contributed by atoms with Gasteiger partial charge in [-0.2, -0.15) is 0 Å². The topological polar surface area (TPSA) is 174 Å². The Balaban J connectivity index is 1.69. The molecule has 0 spiro atoms. The number of anilines is 1. The molecular formula is C21H22Cl2N6O6. The molecule has 186 valence electrons. The molecule has 1 aromatic carbocycles. The molecule has 0 fully saturated rings. The van der Waals surface area contributed by atoms with Gasteiger partial charge < -0.3 is 36.2 Å². The molecule has 0 saturated carbocycles. The van der Waals surface area contributed by atoms with E-state index in [-0.39, 0.29) is 27.1 Å². The Morgan fingerprint density at radius 1 is 1.26 bits per heavy atom. The summed E-state index contributed by atoms with van der Waals surface area (Å²) in [6, 6.07) is 2.91. The van der Waals surface area contributed by atoms with Crippen LogP contribution in [-0.2, 0) is 9.59 Å². The number of phenolic OH excluding ortho intramolecular Hbond substituents is 1. The van der Waals surface area contributed by atoms with Crippen LogP contribution >= 0.6 is 23.2 Å². The number of benzene rings is 1. The Bertz CT molecular complexity index is 1180. The van der Waals surface area contributed by atoms with Gasteiger partial charge in [0, 0.05) is 17.1 Å². The van der Waals surface area contributed by atoms with Crippen LogP contribution in [0.5, 0.6) is 11.6 Å². The monoisotopic (exact) mass is 524 g/mol. The summed E-state index contributed by atoms with van der Waals surface area (Å²) < 4.78 is 5.14. The number of halogens is 2. The Morgan fingerprint density at radius 2 is 2.03 bits per heavy atom. The van der Waals surface area contributed by atoms with Crippen LogP contribution in [0.4, 0.5) is 5.69 Å². The molecule has 0 aliphatic carbocycles. The number of aliphatic imine (C=N–C) groups is 1. The highest BCUT2D eigenvalue weighted by Crippen LogP contribution is 2.36. The zero-order chi connectivity index (χ0) is 25.5. The lowest BCUT2D eigenvalue weighted by Gasteiger charge is -2.20. The maximum atomic E-state index is 12.7. The van der Waals surface area contributed by atoms with Gasteiger partial charge >= 0.3 is 5.97 Å². The maximum absolute atomic E-state index is 12.7. The number of nitrogens with one attached hydrogen (secondary N) is 4. The molecule has 1 aliphatic rings. The molecule has 1 atom stereocenters. The fourth-order valence-electron chi connectivity index (χ4n) is 3.23. The summed E-state index contributed by atoms with van der Waals surface area (Å²) in [5.74, 6) is -2.44. The fourth-order valence-corrected chi connectivity index (χ4v) is 3.74. The minimum atomic E-state index is -1.24. The maximum Gasteiger partial charge on any atom is 0.305 e. The van der Waals surface area contributed by atoms with Crippen LogP contribution in [0.3, 0.4) is 0 Å². The number of guanidine groups is 1. The van der Waals surface area contributed by atoms with E-state index in [1.807, 2.05) is 0 Å². The third-order valence-electron chi connectivity index (χ3n) is 4.78. The second-order valence-corrected chi connectivity index (χ2v) is 8.13. The van der Waals surface area contributed by atoms with Gasteiger partial charge in [-0.25, -0.2) is 4.98 Å². The number of carbonyl (C=O) groups is 3. The number of rotatable bonds is 9. The molecule has 2 aromatic rings. The fraction of sp³-hybridized carbons (Fsp3) is 0.286. The van der Waals surface area contributed by atoms with E-state index in [1.165, 1.54) is 31.5 Å². The lowest BCUT2D eigenvalue weighted by Crippen LogP contribution is -2.39. The molecule has 1 unspecified atom stereocenters. The molecule has 14 heteroatoms. The summed E-state index contributed by atoms with van der Waals surface area (Å²) in [4.78, 5) is 44.9. The molecule has 12 nitrogen and oxygen atoms in total. The normalized spacial score (nSPS) is 13.3. The lowest BCUT2D eigenvalue weighted by molar-refractivity contribution is -0.137. The van der Waals surface area contributed by atoms with E-state index in [0.717, 1.165) is 0 Å². The van der Waals surface area contributed by atoms with Crippen molar-refractivity contribution < 1.29 is 29.3 Å². The second-order valence-electron chi connectivity index (χ2n) is 7.29. The molecule has 2 heterocycles. The Hall–Kier alpha value is -3.77. The molecule has 0 radical (unpaired) electrons. The number of ether oxygens (including phenoxy) is 1. The molecule has 2 amide bonds. The number of hydrogen-bond donors (Lipinski definition) is 6. The molecular weight excluding hydrogens is 503 g/mol. The molecule has 0 bridgehead atoms. The van der Waals surface area contributed by atoms with Gasteiger partial charge in [0.25, 0.3) is 5.91 Å². The SMILES string of the molecule is COc1ncc(NC2=NCCN2)cc1C(=O)NCC(=O)NC(CC(=O)O)c1cc(Cl)cc(Cl)c1O. The van der Waals surface area contributed by atoms with Crippen LogP contribution in [0, 0.1) is 0 Å². The van der Waals surface area contributed by atoms with Gasteiger partial charge in [0.15, 0.2) is 5.96 Å². The van der Waals surface area contributed by atoms with Crippen LogP contribution in [-0.4, -0.2) is 65.7 Å². The lowest BCUT2D eigenvalue weighted by atomic mass is 10.0. The number of aromatic hydroxyl groups is 1. The van der Waals surface area contributed by atoms with Crippen molar-refractivity contribution in [3.63, 3.8) is 0 Å². The molecule has 1 aromatic heterocycles. The highest BCUT2D eigenvalue weighted by Gasteiger charge is 2.24. The summed E-state index contributed by atoms with van der Waals surface area (Å²) in [6.07, 6.45) is 0.900. The van der Waals surface area contributed by atoms with Crippen molar-refractivity contribution in [1.29, 1.82) is 0 Å². The Kier molecular flexibility index (Phi) is 8.55. The van der Waals surface area contributed by atoms with Crippen molar-refractivity contribution in [2.75, 3.05) is 32.1 Å². The minimum Gasteiger partial charge on any atom is -0.506 e. The van der Waals surface area contributed by atoms with Crippen molar-refractivity contribution in [1.82, 2.24) is 20.9 Å². The van der Waals surface area contributed by atoms with Gasteiger partial charge in [0.05, 0.1) is 49.6 Å². The largest absolute Gasteiger partial charge is 0.506 e. The first-order valence-electron chi connectivity index (χ1n) is 10.2. The molecule has 35 heavy (non-hydrogen) atoms. The third kappa shape index (κ3) is 6.87. The number of carboxylic acids is 1. The molecule has 0 saturated heterocycles. The van der Waals surface area contributed by atoms with Gasteiger partial charge in [-0.3, -0.25) is 19.4 Å². The molecule has 1 aliphatic heterocycles. The smallest absolute Gasteiger partial charge is 0.305 e. The zero-order valence-corrected chi connectivity index (χ0v) is 19.9. The quantitative estimate of drug-likeness (QED) is 0.284. The number of methoxy groups -OCH3 is 1. The van der Waals surface area contributed by atoms with Crippen LogP contribution in [0.25, 0.3) is 0 Å². The highest BCUT2D eigenvalue weighted by atomic mass is 35.5. The average molecular weight is 525 g/mol. The van der Waals surface area contributed by atoms with E-state index in [0.29, 0.717) is 24.7 Å². The van der Waals surface area contributed by atoms with Crippen LogP contribution in [0.1, 0.15) is 28.4 Å². The average Bonchev–Trinajstić information content (AvgIpc) is 3.32. The summed E-state index contributed by atoms with van der Waals surface area (Å²) >= 11 is 11.9. The highest BCUT2D eigenvalue weighted by molar-refractivity contribution is 6.35. The number of hydrogen-bond acceptors (Lipinski definition) is 9. The van der Waals surface area contributed by atoms with E-state index in [9.17, 15) is 24.6 Å². The number of carbonyl (C=O) groups excluding carboxylic acids is 2. The summed E-state index contributed by atoms with van der Waals surface area (Å²) in [5, 5.41) is 30.4. The van der Waals surface area contributed by atoms with E-state index in [1.54, 1.807) is 0 Å². The van der Waals surface area contributed by atoms with E-state index >= 15 is 0 Å².